The molecule has 8 atom stereocenters. The molecule has 8 unspecified atom stereocenters. The Hall–Kier alpha value is -1.80. The summed E-state index contributed by atoms with van der Waals surface area (Å²) < 4.78 is 255. The van der Waals surface area contributed by atoms with Gasteiger partial charge in [0, 0.05) is 147 Å². The molecule has 0 saturated carbocycles. The Bertz CT molecular complexity index is 2380. The Morgan fingerprint density at radius 2 is 0.981 bits per heavy atom. The molecule has 8 saturated heterocycles. The second-order valence-corrected chi connectivity index (χ2v) is 34.0. The molecular formula is C69H131F17N10O6S. The molecule has 8 aliphatic rings. The first-order valence-electron chi connectivity index (χ1n) is 36.4. The number of halogens is 17. The molecule has 34 heteroatoms. The minimum Gasteiger partial charge on any atom is -0.377 e. The summed E-state index contributed by atoms with van der Waals surface area (Å²) in [4.78, 5) is 15.6. The second-order valence-electron chi connectivity index (χ2n) is 32.1. The van der Waals surface area contributed by atoms with Gasteiger partial charge < -0.3 is 29.2 Å². The molecule has 8 rings (SSSR count). The number of hydrogen-bond acceptors (Lipinski definition) is 15. The number of likely N-dealkylation sites (tertiary alicyclic amines) is 3. The first-order valence-corrected chi connectivity index (χ1v) is 37.8. The molecule has 0 aliphatic carbocycles. The zero-order valence-electron chi connectivity index (χ0n) is 65.6. The molecule has 16 nitrogen and oxygen atoms in total. The normalized spacial score (nSPS) is 28.9. The third kappa shape index (κ3) is 39.6. The van der Waals surface area contributed by atoms with Gasteiger partial charge in [0.2, 0.25) is 5.85 Å². The van der Waals surface area contributed by atoms with Crippen LogP contribution >= 0.6 is 0 Å². The lowest BCUT2D eigenvalue weighted by Crippen LogP contribution is -2.61. The van der Waals surface area contributed by atoms with Gasteiger partial charge in [-0.2, -0.15) is 57.0 Å². The van der Waals surface area contributed by atoms with E-state index in [0.29, 0.717) is 82.7 Å². The van der Waals surface area contributed by atoms with E-state index >= 15 is 0 Å². The highest BCUT2D eigenvalue weighted by molar-refractivity contribution is 7.90. The SMILES string of the molecule is CC(C)CCN1CCC(C)(F)C1.CC(C)N1CC(F)(F)C1.CC(C)N1CCN(S(=O)(=O)C(F)(F)F)CC1.CC(C)N1CCOC(C(F)(F)F)C1.CC(C)OCCN1CCOC(C)(F)C1.CC1(F)CCN(C(C)(C)C)C1.CC1CN(C(C)C)CC(C(F)(F)F)N1.CC1CN(C(C)C)CC(C(F)(F)F)O1. The number of rotatable bonds is 13. The first kappa shape index (κ1) is 99.2. The highest BCUT2D eigenvalue weighted by Crippen LogP contribution is 2.34. The molecule has 618 valence electrons. The Morgan fingerprint density at radius 3 is 1.36 bits per heavy atom. The van der Waals surface area contributed by atoms with Crippen LogP contribution < -0.4 is 5.32 Å². The second kappa shape index (κ2) is 42.6. The summed E-state index contributed by atoms with van der Waals surface area (Å²) in [6, 6.07) is -0.545. The molecule has 0 radical (unpaired) electrons. The number of nitrogens with one attached hydrogen (secondary N) is 1. The van der Waals surface area contributed by atoms with Crippen LogP contribution in [0.3, 0.4) is 0 Å². The third-order valence-electron chi connectivity index (χ3n) is 18.4. The largest absolute Gasteiger partial charge is 0.511 e. The summed E-state index contributed by atoms with van der Waals surface area (Å²) in [5.41, 5.74) is -6.93. The molecule has 0 bridgehead atoms. The lowest BCUT2D eigenvalue weighted by atomic mass is 10.1. The minimum atomic E-state index is -5.19. The van der Waals surface area contributed by atoms with E-state index in [0.717, 1.165) is 38.6 Å². The van der Waals surface area contributed by atoms with E-state index in [4.69, 9.17) is 14.2 Å². The molecule has 0 aromatic heterocycles. The average molecular weight is 1550 g/mol. The van der Waals surface area contributed by atoms with Gasteiger partial charge in [-0.05, 0) is 170 Å². The molecule has 103 heavy (non-hydrogen) atoms. The fourth-order valence-electron chi connectivity index (χ4n) is 11.8. The molecule has 1 N–H and O–H groups in total. The van der Waals surface area contributed by atoms with Crippen LogP contribution in [-0.4, -0.2) is 322 Å². The lowest BCUT2D eigenvalue weighted by molar-refractivity contribution is -0.253. The zero-order valence-corrected chi connectivity index (χ0v) is 66.4. The van der Waals surface area contributed by atoms with Crippen molar-refractivity contribution < 1.29 is 102 Å². The van der Waals surface area contributed by atoms with Crippen LogP contribution in [0.5, 0.6) is 0 Å². The fourth-order valence-corrected chi connectivity index (χ4v) is 12.8. The van der Waals surface area contributed by atoms with Crippen molar-refractivity contribution in [2.24, 2.45) is 5.92 Å². The van der Waals surface area contributed by atoms with E-state index in [1.54, 1.807) is 42.4 Å². The van der Waals surface area contributed by atoms with Gasteiger partial charge in [0.05, 0.1) is 51.7 Å². The summed E-state index contributed by atoms with van der Waals surface area (Å²) in [5, 5.41) is 2.57. The molecular weight excluding hydrogens is 1420 g/mol. The molecule has 0 spiro atoms. The Morgan fingerprint density at radius 1 is 0.505 bits per heavy atom. The summed E-state index contributed by atoms with van der Waals surface area (Å²) in [5.74, 6) is -3.16. The zero-order chi connectivity index (χ0) is 80.0. The maximum atomic E-state index is 13.4. The highest BCUT2D eigenvalue weighted by atomic mass is 32.2. The predicted octanol–water partition coefficient (Wildman–Crippen LogP) is 13.6. The summed E-state index contributed by atoms with van der Waals surface area (Å²) in [6.07, 6.45) is -13.4. The number of hydrogen-bond donors (Lipinski definition) is 1. The Balaban J connectivity index is 0.000000591. The van der Waals surface area contributed by atoms with Crippen LogP contribution in [0.4, 0.5) is 74.6 Å². The molecule has 8 fully saturated rings. The van der Waals surface area contributed by atoms with Gasteiger partial charge in [-0.1, -0.05) is 13.8 Å². The maximum Gasteiger partial charge on any atom is 0.511 e. The predicted molar refractivity (Wildman–Crippen MR) is 372 cm³/mol. The van der Waals surface area contributed by atoms with Gasteiger partial charge in [-0.25, -0.2) is 30.4 Å². The van der Waals surface area contributed by atoms with Gasteiger partial charge in [0.15, 0.2) is 12.2 Å². The minimum absolute atomic E-state index is 0.0405. The van der Waals surface area contributed by atoms with Crippen molar-refractivity contribution in [3.63, 3.8) is 0 Å². The van der Waals surface area contributed by atoms with Gasteiger partial charge in [0.25, 0.3) is 5.92 Å². The van der Waals surface area contributed by atoms with Crippen molar-refractivity contribution in [3.8, 4) is 0 Å². The van der Waals surface area contributed by atoms with Crippen molar-refractivity contribution in [1.82, 2.24) is 48.8 Å². The fraction of sp³-hybridized carbons (Fsp3) is 1.00. The van der Waals surface area contributed by atoms with E-state index < -0.39 is 75.4 Å². The highest BCUT2D eigenvalue weighted by Gasteiger charge is 2.51. The Labute approximate surface area is 606 Å². The third-order valence-corrected chi connectivity index (χ3v) is 20.1. The summed E-state index contributed by atoms with van der Waals surface area (Å²) >= 11 is 0. The molecule has 0 aromatic carbocycles. The van der Waals surface area contributed by atoms with E-state index in [1.807, 2.05) is 97.8 Å². The van der Waals surface area contributed by atoms with Crippen molar-refractivity contribution in [2.75, 3.05) is 151 Å². The maximum absolute atomic E-state index is 13.4. The lowest BCUT2D eigenvalue weighted by Gasteiger charge is -2.41. The number of nitrogens with zero attached hydrogens (tertiary/aromatic N) is 9. The molecule has 8 heterocycles. The van der Waals surface area contributed by atoms with E-state index in [-0.39, 0.29) is 106 Å². The van der Waals surface area contributed by atoms with Gasteiger partial charge in [0.1, 0.15) is 17.4 Å². The van der Waals surface area contributed by atoms with E-state index in [2.05, 4.69) is 54.5 Å². The van der Waals surface area contributed by atoms with Crippen LogP contribution in [-0.2, 0) is 29.0 Å². The average Bonchev–Trinajstić information content (AvgIpc) is 1.79. The quantitative estimate of drug-likeness (QED) is 0.176. The van der Waals surface area contributed by atoms with Crippen molar-refractivity contribution in [2.45, 2.75) is 291 Å². The van der Waals surface area contributed by atoms with Crippen LogP contribution in [0, 0.1) is 5.92 Å². The number of sulfonamides is 1. The van der Waals surface area contributed by atoms with Gasteiger partial charge in [-0.3, -0.25) is 34.3 Å². The van der Waals surface area contributed by atoms with Crippen molar-refractivity contribution in [1.29, 1.82) is 0 Å². The molecule has 8 aliphatic heterocycles. The molecule has 0 aromatic rings. The van der Waals surface area contributed by atoms with Crippen molar-refractivity contribution >= 4 is 10.0 Å². The van der Waals surface area contributed by atoms with Crippen LogP contribution in [0.2, 0.25) is 0 Å². The number of morpholine rings is 3. The summed E-state index contributed by atoms with van der Waals surface area (Å²) in [6.45, 7) is 51.8. The number of piperazine rings is 2. The Kier molecular flexibility index (Phi) is 41.0. The summed E-state index contributed by atoms with van der Waals surface area (Å²) in [7, 11) is -5.14. The monoisotopic (exact) mass is 1550 g/mol. The standard InChI is InChI=1S/C10H20FNO2.C10H20FN.C9H17F3N2.C9H16F3NO.C9H18FN.C8H15F3N2O2S.C8H14F3NO.C6H11F2N/c1-9(2)13-6-4-12-5-7-14-10(3,11)8-12;1-9(2)4-6-12-7-5-10(3,11)8-12;1-6(2)14-4-7(3)13-8(5-14)9(10,11)12;1-6(2)13-4-7(3)14-8(5-13)9(10,11)12;1-8(2,3)11-6-5-9(4,10)7-11;1-7(2)12-3-5-13(6-4-12)16(14,15)8(9,10)11;1-6(2)12-3-4-13-7(5-12)8(9,10)11;1-5(2)9-3-6(7,8)4-9/h9H,4-8H2,1-3H3;9H,4-8H2,1-3H3;6-8,13H,4-5H2,1-3H3;6-8H,4-5H2,1-3H3;5-7H2,1-4H3;7H,3-6H2,1-2H3;6-7H,3-5H2,1-2H3;5H,3-4H2,1-2H3. The van der Waals surface area contributed by atoms with Crippen LogP contribution in [0.25, 0.3) is 0 Å². The van der Waals surface area contributed by atoms with Gasteiger partial charge >= 0.3 is 34.1 Å². The number of alkyl halides is 17. The van der Waals surface area contributed by atoms with Crippen LogP contribution in [0.1, 0.15) is 172 Å². The molecule has 0 amide bonds. The first-order chi connectivity index (χ1) is 46.5. The van der Waals surface area contributed by atoms with Gasteiger partial charge in [-0.15, -0.1) is 0 Å². The van der Waals surface area contributed by atoms with E-state index in [9.17, 15) is 83.1 Å². The van der Waals surface area contributed by atoms with Crippen LogP contribution in [0.15, 0.2) is 0 Å². The van der Waals surface area contributed by atoms with E-state index in [1.165, 1.54) is 13.3 Å². The topological polar surface area (TPSA) is 112 Å². The number of ether oxygens (including phenoxy) is 4. The van der Waals surface area contributed by atoms with Crippen molar-refractivity contribution in [3.05, 3.63) is 0 Å². The smallest absolute Gasteiger partial charge is 0.377 e.